The van der Waals surface area contributed by atoms with Crippen LogP contribution in [0.3, 0.4) is 0 Å². The second kappa shape index (κ2) is 5.45. The molecule has 1 atom stereocenters. The van der Waals surface area contributed by atoms with Crippen molar-refractivity contribution in [3.8, 4) is 0 Å². The number of carbonyl (C=O) groups is 1. The molecule has 3 fully saturated rings. The van der Waals surface area contributed by atoms with Gasteiger partial charge in [0.05, 0.1) is 0 Å². The van der Waals surface area contributed by atoms with Crippen molar-refractivity contribution in [1.29, 1.82) is 0 Å². The first-order valence-corrected chi connectivity index (χ1v) is 8.45. The van der Waals surface area contributed by atoms with Gasteiger partial charge in [-0.3, -0.25) is 4.79 Å². The molecule has 0 saturated carbocycles. The first kappa shape index (κ1) is 13.3. The van der Waals surface area contributed by atoms with Crippen molar-refractivity contribution in [2.45, 2.75) is 44.6 Å². The molecule has 1 amide bonds. The molecule has 1 aliphatic carbocycles. The van der Waals surface area contributed by atoms with Gasteiger partial charge in [0.2, 0.25) is 0 Å². The van der Waals surface area contributed by atoms with E-state index in [9.17, 15) is 4.79 Å². The molecule has 0 unspecified atom stereocenters. The highest BCUT2D eigenvalue weighted by atomic mass is 16.1. The normalized spacial score (nSPS) is 30.8. The summed E-state index contributed by atoms with van der Waals surface area (Å²) in [5.74, 6) is 0.853. The van der Waals surface area contributed by atoms with Crippen molar-refractivity contribution in [3.63, 3.8) is 0 Å². The Kier molecular flexibility index (Phi) is 3.46. The van der Waals surface area contributed by atoms with Crippen LogP contribution in [0.25, 0.3) is 0 Å². The highest BCUT2D eigenvalue weighted by Gasteiger charge is 2.35. The lowest BCUT2D eigenvalue weighted by molar-refractivity contribution is 0.0620. The summed E-state index contributed by atoms with van der Waals surface area (Å²) in [6.45, 7) is 3.49. The summed E-state index contributed by atoms with van der Waals surface area (Å²) in [5.41, 5.74) is 3.63. The summed E-state index contributed by atoms with van der Waals surface area (Å²) in [6.07, 6.45) is 7.18. The molecule has 3 heteroatoms. The minimum Gasteiger partial charge on any atom is -0.348 e. The van der Waals surface area contributed by atoms with Crippen molar-refractivity contribution >= 4 is 5.91 Å². The summed E-state index contributed by atoms with van der Waals surface area (Å²) < 4.78 is 0. The molecule has 21 heavy (non-hydrogen) atoms. The van der Waals surface area contributed by atoms with Crippen molar-refractivity contribution in [3.05, 3.63) is 34.9 Å². The van der Waals surface area contributed by atoms with Gasteiger partial charge in [0.25, 0.3) is 5.91 Å². The Bertz CT molecular complexity index is 546. The van der Waals surface area contributed by atoms with Crippen LogP contribution in [-0.2, 0) is 12.8 Å². The van der Waals surface area contributed by atoms with Crippen LogP contribution < -0.4 is 5.32 Å². The van der Waals surface area contributed by atoms with Crippen LogP contribution in [0.1, 0.15) is 47.2 Å². The molecule has 0 radical (unpaired) electrons. The molecule has 3 saturated heterocycles. The summed E-state index contributed by atoms with van der Waals surface area (Å²) in [6, 6.07) is 6.62. The van der Waals surface area contributed by atoms with Gasteiger partial charge >= 0.3 is 0 Å². The highest BCUT2D eigenvalue weighted by molar-refractivity contribution is 5.96. The zero-order valence-corrected chi connectivity index (χ0v) is 12.6. The van der Waals surface area contributed by atoms with Gasteiger partial charge in [-0.25, -0.2) is 0 Å². The third kappa shape index (κ3) is 2.48. The van der Waals surface area contributed by atoms with Crippen LogP contribution in [0.5, 0.6) is 0 Å². The third-order valence-electron chi connectivity index (χ3n) is 5.61. The molecule has 4 aliphatic rings. The van der Waals surface area contributed by atoms with E-state index < -0.39 is 0 Å². The van der Waals surface area contributed by atoms with E-state index in [0.29, 0.717) is 12.0 Å². The van der Waals surface area contributed by atoms with E-state index in [4.69, 9.17) is 0 Å². The zero-order valence-electron chi connectivity index (χ0n) is 12.6. The average molecular weight is 284 g/mol. The molecule has 3 heterocycles. The maximum absolute atomic E-state index is 12.7. The van der Waals surface area contributed by atoms with E-state index in [2.05, 4.69) is 22.3 Å². The molecule has 112 valence electrons. The van der Waals surface area contributed by atoms with Crippen molar-refractivity contribution in [2.24, 2.45) is 5.92 Å². The predicted octanol–water partition coefficient (Wildman–Crippen LogP) is 2.39. The smallest absolute Gasteiger partial charge is 0.251 e. The number of carbonyl (C=O) groups excluding carboxylic acids is 1. The molecule has 1 aromatic rings. The van der Waals surface area contributed by atoms with E-state index in [0.717, 1.165) is 24.9 Å². The number of nitrogens with one attached hydrogen (secondary N) is 1. The van der Waals surface area contributed by atoms with Crippen LogP contribution in [0.15, 0.2) is 18.2 Å². The van der Waals surface area contributed by atoms with Gasteiger partial charge < -0.3 is 10.2 Å². The van der Waals surface area contributed by atoms with Crippen molar-refractivity contribution < 1.29 is 4.79 Å². The molecular weight excluding hydrogens is 260 g/mol. The van der Waals surface area contributed by atoms with Crippen LogP contribution >= 0.6 is 0 Å². The van der Waals surface area contributed by atoms with E-state index in [1.165, 1.54) is 49.9 Å². The molecule has 0 spiro atoms. The van der Waals surface area contributed by atoms with E-state index in [-0.39, 0.29) is 5.91 Å². The van der Waals surface area contributed by atoms with Crippen LogP contribution in [0, 0.1) is 5.92 Å². The summed E-state index contributed by atoms with van der Waals surface area (Å²) in [7, 11) is 0. The Labute approximate surface area is 126 Å². The Morgan fingerprint density at radius 2 is 1.95 bits per heavy atom. The standard InChI is InChI=1S/C18H24N2O/c21-18(19-17-12-20-10-8-14(17)9-11-20)16-7-3-5-13-4-1-2-6-15(13)16/h3,5,7,14,17H,1-2,4,6,8-12H2,(H,19,21)/t17-/m0/s1. The molecule has 0 aromatic heterocycles. The number of piperidine rings is 3. The van der Waals surface area contributed by atoms with Crippen molar-refractivity contribution in [2.75, 3.05) is 19.6 Å². The van der Waals surface area contributed by atoms with Gasteiger partial charge in [-0.15, -0.1) is 0 Å². The van der Waals surface area contributed by atoms with E-state index in [1.807, 2.05) is 6.07 Å². The average Bonchev–Trinajstić information content (AvgIpc) is 2.55. The predicted molar refractivity (Wildman–Crippen MR) is 83.5 cm³/mol. The fraction of sp³-hybridized carbons (Fsp3) is 0.611. The fourth-order valence-corrected chi connectivity index (χ4v) is 4.37. The second-order valence-electron chi connectivity index (χ2n) is 6.87. The minimum absolute atomic E-state index is 0.160. The Morgan fingerprint density at radius 3 is 2.71 bits per heavy atom. The number of nitrogens with zero attached hydrogens (tertiary/aromatic N) is 1. The summed E-state index contributed by atoms with van der Waals surface area (Å²) in [5, 5.41) is 3.34. The molecule has 1 aromatic carbocycles. The van der Waals surface area contributed by atoms with Gasteiger partial charge in [-0.1, -0.05) is 12.1 Å². The van der Waals surface area contributed by atoms with E-state index in [1.54, 1.807) is 0 Å². The third-order valence-corrected chi connectivity index (χ3v) is 5.61. The number of hydrogen-bond acceptors (Lipinski definition) is 2. The van der Waals surface area contributed by atoms with Crippen LogP contribution in [-0.4, -0.2) is 36.5 Å². The summed E-state index contributed by atoms with van der Waals surface area (Å²) >= 11 is 0. The molecule has 2 bridgehead atoms. The molecular formula is C18H24N2O. The van der Waals surface area contributed by atoms with E-state index >= 15 is 0 Å². The SMILES string of the molecule is O=C(N[C@H]1CN2CCC1CC2)c1cccc2c1CCCC2. The second-order valence-corrected chi connectivity index (χ2v) is 6.87. The van der Waals surface area contributed by atoms with Gasteiger partial charge in [0.15, 0.2) is 0 Å². The summed E-state index contributed by atoms with van der Waals surface area (Å²) in [4.78, 5) is 15.2. The lowest BCUT2D eigenvalue weighted by Crippen LogP contribution is -2.57. The fourth-order valence-electron chi connectivity index (χ4n) is 4.37. The quantitative estimate of drug-likeness (QED) is 0.904. The number of rotatable bonds is 2. The monoisotopic (exact) mass is 284 g/mol. The van der Waals surface area contributed by atoms with Crippen molar-refractivity contribution in [1.82, 2.24) is 10.2 Å². The molecule has 1 N–H and O–H groups in total. The van der Waals surface area contributed by atoms with Crippen LogP contribution in [0.2, 0.25) is 0 Å². The Hall–Kier alpha value is -1.35. The first-order valence-electron chi connectivity index (χ1n) is 8.45. The lowest BCUT2D eigenvalue weighted by Gasteiger charge is -2.45. The van der Waals surface area contributed by atoms with Gasteiger partial charge in [0, 0.05) is 18.2 Å². The number of aryl methyl sites for hydroxylation is 1. The maximum Gasteiger partial charge on any atom is 0.251 e. The number of benzene rings is 1. The Balaban J connectivity index is 1.53. The highest BCUT2D eigenvalue weighted by Crippen LogP contribution is 2.29. The number of amides is 1. The largest absolute Gasteiger partial charge is 0.348 e. The first-order chi connectivity index (χ1) is 10.3. The number of hydrogen-bond donors (Lipinski definition) is 1. The molecule has 5 rings (SSSR count). The molecule has 3 aliphatic heterocycles. The maximum atomic E-state index is 12.7. The lowest BCUT2D eigenvalue weighted by atomic mass is 9.83. The van der Waals surface area contributed by atoms with Gasteiger partial charge in [-0.05, 0) is 74.7 Å². The van der Waals surface area contributed by atoms with Crippen LogP contribution in [0.4, 0.5) is 0 Å². The van der Waals surface area contributed by atoms with Gasteiger partial charge in [0.1, 0.15) is 0 Å². The Morgan fingerprint density at radius 1 is 1.14 bits per heavy atom. The van der Waals surface area contributed by atoms with Gasteiger partial charge in [-0.2, -0.15) is 0 Å². The molecule has 3 nitrogen and oxygen atoms in total. The zero-order chi connectivity index (χ0) is 14.2. The topological polar surface area (TPSA) is 32.3 Å². The minimum atomic E-state index is 0.160. The number of fused-ring (bicyclic) bond motifs is 4.